The maximum Gasteiger partial charge on any atom is 0.389 e. The third kappa shape index (κ3) is 5.55. The van der Waals surface area contributed by atoms with E-state index in [4.69, 9.17) is 0 Å². The highest BCUT2D eigenvalue weighted by Gasteiger charge is 2.28. The molecule has 1 amide bonds. The Morgan fingerprint density at radius 1 is 1.33 bits per heavy atom. The van der Waals surface area contributed by atoms with Crippen LogP contribution in [-0.2, 0) is 11.2 Å². The minimum atomic E-state index is -4.28. The zero-order valence-electron chi connectivity index (χ0n) is 11.4. The standard InChI is InChI=1S/C14H17F3N2O.ClH/c15-14(16,17)7-5-13(20)19-9-12-11-4-2-1-3-10(11)6-8-18-12;/h1-4,12,18H,5-9H2,(H,19,20);1H. The van der Waals surface area contributed by atoms with E-state index in [1.54, 1.807) is 0 Å². The molecule has 1 atom stereocenters. The predicted molar refractivity (Wildman–Crippen MR) is 76.4 cm³/mol. The van der Waals surface area contributed by atoms with Crippen molar-refractivity contribution in [1.82, 2.24) is 10.6 Å². The van der Waals surface area contributed by atoms with Crippen LogP contribution in [0, 0.1) is 0 Å². The van der Waals surface area contributed by atoms with Crippen LogP contribution in [0.15, 0.2) is 24.3 Å². The first kappa shape index (κ1) is 17.8. The van der Waals surface area contributed by atoms with Crippen LogP contribution < -0.4 is 10.6 Å². The number of rotatable bonds is 4. The Kier molecular flexibility index (Phi) is 6.48. The van der Waals surface area contributed by atoms with E-state index in [-0.39, 0.29) is 18.4 Å². The van der Waals surface area contributed by atoms with E-state index in [0.29, 0.717) is 6.54 Å². The highest BCUT2D eigenvalue weighted by Crippen LogP contribution is 2.23. The molecule has 21 heavy (non-hydrogen) atoms. The van der Waals surface area contributed by atoms with Crippen molar-refractivity contribution in [1.29, 1.82) is 0 Å². The van der Waals surface area contributed by atoms with Crippen LogP contribution in [0.25, 0.3) is 0 Å². The first-order valence-electron chi connectivity index (χ1n) is 6.60. The number of benzene rings is 1. The highest BCUT2D eigenvalue weighted by molar-refractivity contribution is 5.85. The highest BCUT2D eigenvalue weighted by atomic mass is 35.5. The van der Waals surface area contributed by atoms with Crippen LogP contribution in [0.2, 0.25) is 0 Å². The number of carbonyl (C=O) groups excluding carboxylic acids is 1. The number of nitrogens with one attached hydrogen (secondary N) is 2. The molecule has 1 aliphatic heterocycles. The van der Waals surface area contributed by atoms with Crippen molar-refractivity contribution in [2.24, 2.45) is 0 Å². The molecule has 1 unspecified atom stereocenters. The fourth-order valence-corrected chi connectivity index (χ4v) is 2.33. The second kappa shape index (κ2) is 7.66. The molecule has 1 aromatic carbocycles. The van der Waals surface area contributed by atoms with Gasteiger partial charge in [0.1, 0.15) is 0 Å². The van der Waals surface area contributed by atoms with Gasteiger partial charge in [-0.1, -0.05) is 24.3 Å². The molecule has 1 aromatic rings. The van der Waals surface area contributed by atoms with Gasteiger partial charge in [0.15, 0.2) is 0 Å². The molecule has 0 bridgehead atoms. The Labute approximate surface area is 127 Å². The van der Waals surface area contributed by atoms with Gasteiger partial charge in [-0.2, -0.15) is 13.2 Å². The summed E-state index contributed by atoms with van der Waals surface area (Å²) in [4.78, 5) is 11.4. The van der Waals surface area contributed by atoms with Crippen molar-refractivity contribution in [2.45, 2.75) is 31.5 Å². The monoisotopic (exact) mass is 322 g/mol. The summed E-state index contributed by atoms with van der Waals surface area (Å²) in [7, 11) is 0. The summed E-state index contributed by atoms with van der Waals surface area (Å²) in [6.45, 7) is 1.12. The van der Waals surface area contributed by atoms with E-state index in [0.717, 1.165) is 18.5 Å². The van der Waals surface area contributed by atoms with Gasteiger partial charge >= 0.3 is 6.18 Å². The number of carbonyl (C=O) groups is 1. The van der Waals surface area contributed by atoms with Gasteiger partial charge in [0.25, 0.3) is 0 Å². The van der Waals surface area contributed by atoms with Crippen molar-refractivity contribution in [3.05, 3.63) is 35.4 Å². The second-order valence-corrected chi connectivity index (χ2v) is 4.87. The van der Waals surface area contributed by atoms with E-state index in [2.05, 4.69) is 10.6 Å². The van der Waals surface area contributed by atoms with Crippen LogP contribution >= 0.6 is 12.4 Å². The zero-order chi connectivity index (χ0) is 14.6. The number of fused-ring (bicyclic) bond motifs is 1. The van der Waals surface area contributed by atoms with Gasteiger partial charge in [-0.05, 0) is 24.1 Å². The van der Waals surface area contributed by atoms with Crippen LogP contribution in [0.1, 0.15) is 30.0 Å². The van der Waals surface area contributed by atoms with Crippen molar-refractivity contribution >= 4 is 18.3 Å². The maximum absolute atomic E-state index is 12.0. The number of amides is 1. The Balaban J connectivity index is 0.00000220. The molecule has 2 rings (SSSR count). The van der Waals surface area contributed by atoms with Crippen molar-refractivity contribution in [3.8, 4) is 0 Å². The first-order valence-corrected chi connectivity index (χ1v) is 6.60. The van der Waals surface area contributed by atoms with Crippen molar-refractivity contribution in [2.75, 3.05) is 13.1 Å². The van der Waals surface area contributed by atoms with Crippen molar-refractivity contribution < 1.29 is 18.0 Å². The van der Waals surface area contributed by atoms with Gasteiger partial charge in [0.2, 0.25) is 5.91 Å². The average Bonchev–Trinajstić information content (AvgIpc) is 2.42. The molecule has 1 heterocycles. The summed E-state index contributed by atoms with van der Waals surface area (Å²) in [5.41, 5.74) is 2.33. The van der Waals surface area contributed by atoms with Crippen LogP contribution in [0.3, 0.4) is 0 Å². The SMILES string of the molecule is Cl.O=C(CCC(F)(F)F)NCC1NCCc2ccccc21. The number of hydrogen-bond donors (Lipinski definition) is 2. The predicted octanol–water partition coefficient (Wildman–Crippen LogP) is 2.75. The summed E-state index contributed by atoms with van der Waals surface area (Å²) in [5, 5.41) is 5.83. The molecule has 0 saturated heterocycles. The minimum absolute atomic E-state index is 0. The molecule has 0 radical (unpaired) electrons. The maximum atomic E-state index is 12.0. The van der Waals surface area contributed by atoms with E-state index in [1.165, 1.54) is 5.56 Å². The van der Waals surface area contributed by atoms with Gasteiger partial charge in [-0.3, -0.25) is 4.79 Å². The summed E-state index contributed by atoms with van der Waals surface area (Å²) >= 11 is 0. The smallest absolute Gasteiger partial charge is 0.354 e. The Hall–Kier alpha value is -1.27. The van der Waals surface area contributed by atoms with Gasteiger partial charge < -0.3 is 10.6 Å². The molecule has 0 saturated carbocycles. The molecule has 3 nitrogen and oxygen atoms in total. The van der Waals surface area contributed by atoms with E-state index in [1.807, 2.05) is 24.3 Å². The Morgan fingerprint density at radius 3 is 2.76 bits per heavy atom. The normalized spacial score (nSPS) is 17.6. The van der Waals surface area contributed by atoms with Crippen LogP contribution in [-0.4, -0.2) is 25.2 Å². The molecule has 0 aromatic heterocycles. The summed E-state index contributed by atoms with van der Waals surface area (Å²) < 4.78 is 36.0. The van der Waals surface area contributed by atoms with E-state index < -0.39 is 24.9 Å². The van der Waals surface area contributed by atoms with Crippen LogP contribution in [0.4, 0.5) is 13.2 Å². The summed E-state index contributed by atoms with van der Waals surface area (Å²) in [6, 6.07) is 7.87. The molecular formula is C14H18ClF3N2O. The first-order chi connectivity index (χ1) is 9.46. The molecule has 0 fully saturated rings. The van der Waals surface area contributed by atoms with Gasteiger partial charge in [0, 0.05) is 19.0 Å². The molecule has 2 N–H and O–H groups in total. The summed E-state index contributed by atoms with van der Waals surface area (Å²) in [5.74, 6) is -0.563. The van der Waals surface area contributed by atoms with Crippen molar-refractivity contribution in [3.63, 3.8) is 0 Å². The topological polar surface area (TPSA) is 41.1 Å². The third-order valence-electron chi connectivity index (χ3n) is 3.35. The number of halogens is 4. The lowest BCUT2D eigenvalue weighted by atomic mass is 9.94. The fraction of sp³-hybridized carbons (Fsp3) is 0.500. The zero-order valence-corrected chi connectivity index (χ0v) is 12.2. The molecule has 1 aliphatic rings. The largest absolute Gasteiger partial charge is 0.389 e. The lowest BCUT2D eigenvalue weighted by Gasteiger charge is -2.27. The Bertz CT molecular complexity index is 480. The molecular weight excluding hydrogens is 305 g/mol. The number of hydrogen-bond acceptors (Lipinski definition) is 2. The lowest BCUT2D eigenvalue weighted by molar-refractivity contribution is -0.144. The lowest BCUT2D eigenvalue weighted by Crippen LogP contribution is -2.39. The molecule has 118 valence electrons. The minimum Gasteiger partial charge on any atom is -0.354 e. The number of alkyl halides is 3. The van der Waals surface area contributed by atoms with Gasteiger partial charge in [-0.15, -0.1) is 12.4 Å². The average molecular weight is 323 g/mol. The Morgan fingerprint density at radius 2 is 2.05 bits per heavy atom. The molecule has 0 aliphatic carbocycles. The van der Waals surface area contributed by atoms with Gasteiger partial charge in [0.05, 0.1) is 6.42 Å². The second-order valence-electron chi connectivity index (χ2n) is 4.87. The third-order valence-corrected chi connectivity index (χ3v) is 3.35. The quantitative estimate of drug-likeness (QED) is 0.895. The molecule has 7 heteroatoms. The summed E-state index contributed by atoms with van der Waals surface area (Å²) in [6.07, 6.45) is -4.95. The fourth-order valence-electron chi connectivity index (χ4n) is 2.33. The van der Waals surface area contributed by atoms with Gasteiger partial charge in [-0.25, -0.2) is 0 Å². The molecule has 0 spiro atoms. The van der Waals surface area contributed by atoms with Crippen LogP contribution in [0.5, 0.6) is 0 Å². The van der Waals surface area contributed by atoms with E-state index >= 15 is 0 Å². The van der Waals surface area contributed by atoms with E-state index in [9.17, 15) is 18.0 Å².